The fourth-order valence-corrected chi connectivity index (χ4v) is 4.98. The molecule has 2 aliphatic rings. The van der Waals surface area contributed by atoms with Crippen LogP contribution in [0.5, 0.6) is 0 Å². The summed E-state index contributed by atoms with van der Waals surface area (Å²) in [6, 6.07) is 0. The maximum Gasteiger partial charge on any atom is 0.308 e. The van der Waals surface area contributed by atoms with E-state index >= 15 is 0 Å². The molecular formula is C16H19N3O2S. The van der Waals surface area contributed by atoms with Crippen LogP contribution >= 0.6 is 11.3 Å². The standard InChI is InChI=1S/C16H19N3O2S/c1-9-17-14(19-7-3-4-10(8-19)16(20)21)13-11-5-2-6-12(11)22-15(13)18-9/h10H,2-8H2,1H3,(H,20,21). The highest BCUT2D eigenvalue weighted by atomic mass is 32.1. The SMILES string of the molecule is Cc1nc(N2CCCC(C(=O)O)C2)c2c3c(sc2n1)CCC3. The third-order valence-corrected chi connectivity index (χ3v) is 5.91. The summed E-state index contributed by atoms with van der Waals surface area (Å²) in [6.45, 7) is 3.37. The first kappa shape index (κ1) is 13.9. The molecule has 1 atom stereocenters. The predicted octanol–water partition coefficient (Wildman–Crippen LogP) is 2.79. The van der Waals surface area contributed by atoms with Crippen molar-refractivity contribution in [2.24, 2.45) is 5.92 Å². The fraction of sp³-hybridized carbons (Fsp3) is 0.562. The Morgan fingerprint density at radius 1 is 1.32 bits per heavy atom. The summed E-state index contributed by atoms with van der Waals surface area (Å²) in [7, 11) is 0. The first-order valence-corrected chi connectivity index (χ1v) is 8.72. The molecule has 0 amide bonds. The van der Waals surface area contributed by atoms with Crippen LogP contribution in [0, 0.1) is 12.8 Å². The van der Waals surface area contributed by atoms with Gasteiger partial charge in [-0.1, -0.05) is 0 Å². The van der Waals surface area contributed by atoms with Gasteiger partial charge in [-0.25, -0.2) is 9.97 Å². The number of carboxylic acids is 1. The molecule has 1 aliphatic carbocycles. The minimum Gasteiger partial charge on any atom is -0.481 e. The Bertz CT molecular complexity index is 755. The smallest absolute Gasteiger partial charge is 0.308 e. The molecule has 4 rings (SSSR count). The van der Waals surface area contributed by atoms with Gasteiger partial charge in [0.25, 0.3) is 0 Å². The highest BCUT2D eigenvalue weighted by molar-refractivity contribution is 7.19. The number of rotatable bonds is 2. The van der Waals surface area contributed by atoms with Crippen LogP contribution in [-0.4, -0.2) is 34.1 Å². The second-order valence-electron chi connectivity index (χ2n) is 6.26. The zero-order valence-corrected chi connectivity index (χ0v) is 13.4. The molecule has 0 aromatic carbocycles. The number of thiophene rings is 1. The Hall–Kier alpha value is -1.69. The molecule has 0 radical (unpaired) electrons. The fourth-order valence-electron chi connectivity index (χ4n) is 3.68. The van der Waals surface area contributed by atoms with Gasteiger partial charge in [-0.05, 0) is 44.6 Å². The Balaban J connectivity index is 1.82. The van der Waals surface area contributed by atoms with Crippen LogP contribution in [0.4, 0.5) is 5.82 Å². The number of aliphatic carboxylic acids is 1. The molecule has 1 saturated heterocycles. The minimum absolute atomic E-state index is 0.286. The molecule has 1 fully saturated rings. The molecule has 22 heavy (non-hydrogen) atoms. The Labute approximate surface area is 133 Å². The molecule has 0 bridgehead atoms. The van der Waals surface area contributed by atoms with E-state index < -0.39 is 5.97 Å². The molecule has 1 unspecified atom stereocenters. The quantitative estimate of drug-likeness (QED) is 0.922. The van der Waals surface area contributed by atoms with Crippen molar-refractivity contribution >= 4 is 33.3 Å². The van der Waals surface area contributed by atoms with Gasteiger partial charge in [0.05, 0.1) is 11.3 Å². The molecule has 1 aliphatic heterocycles. The van der Waals surface area contributed by atoms with Crippen molar-refractivity contribution in [2.45, 2.75) is 39.0 Å². The number of fused-ring (bicyclic) bond motifs is 3. The lowest BCUT2D eigenvalue weighted by molar-refractivity contribution is -0.141. The van der Waals surface area contributed by atoms with E-state index in [2.05, 4.69) is 9.88 Å². The van der Waals surface area contributed by atoms with Crippen LogP contribution in [0.3, 0.4) is 0 Å². The number of carbonyl (C=O) groups is 1. The van der Waals surface area contributed by atoms with Crippen LogP contribution < -0.4 is 4.90 Å². The van der Waals surface area contributed by atoms with Crippen LogP contribution in [0.2, 0.25) is 0 Å². The van der Waals surface area contributed by atoms with Gasteiger partial charge in [-0.3, -0.25) is 4.79 Å². The average molecular weight is 317 g/mol. The summed E-state index contributed by atoms with van der Waals surface area (Å²) < 4.78 is 0. The first-order chi connectivity index (χ1) is 10.6. The lowest BCUT2D eigenvalue weighted by Crippen LogP contribution is -2.39. The number of aromatic nitrogens is 2. The molecule has 2 aromatic rings. The van der Waals surface area contributed by atoms with Gasteiger partial charge in [-0.15, -0.1) is 11.3 Å². The van der Waals surface area contributed by atoms with Crippen molar-refractivity contribution in [3.8, 4) is 0 Å². The van der Waals surface area contributed by atoms with Crippen LogP contribution in [-0.2, 0) is 17.6 Å². The summed E-state index contributed by atoms with van der Waals surface area (Å²) in [6.07, 6.45) is 5.13. The minimum atomic E-state index is -0.692. The monoisotopic (exact) mass is 317 g/mol. The molecule has 0 spiro atoms. The molecule has 116 valence electrons. The lowest BCUT2D eigenvalue weighted by atomic mass is 9.98. The Kier molecular flexibility index (Phi) is 3.29. The zero-order chi connectivity index (χ0) is 15.3. The number of anilines is 1. The molecule has 3 heterocycles. The van der Waals surface area contributed by atoms with Crippen molar-refractivity contribution in [3.05, 3.63) is 16.3 Å². The largest absolute Gasteiger partial charge is 0.481 e. The number of nitrogens with zero attached hydrogens (tertiary/aromatic N) is 3. The maximum atomic E-state index is 11.3. The normalized spacial score (nSPS) is 21.3. The van der Waals surface area contributed by atoms with E-state index in [1.54, 1.807) is 11.3 Å². The number of aryl methyl sites for hydroxylation is 3. The van der Waals surface area contributed by atoms with Gasteiger partial charge in [-0.2, -0.15) is 0 Å². The number of hydrogen-bond donors (Lipinski definition) is 1. The third-order valence-electron chi connectivity index (χ3n) is 4.73. The van der Waals surface area contributed by atoms with E-state index in [-0.39, 0.29) is 5.92 Å². The van der Waals surface area contributed by atoms with Crippen molar-refractivity contribution in [1.82, 2.24) is 9.97 Å². The van der Waals surface area contributed by atoms with Crippen LogP contribution in [0.25, 0.3) is 10.2 Å². The highest BCUT2D eigenvalue weighted by Gasteiger charge is 2.29. The van der Waals surface area contributed by atoms with Gasteiger partial charge < -0.3 is 10.0 Å². The predicted molar refractivity (Wildman–Crippen MR) is 86.7 cm³/mol. The van der Waals surface area contributed by atoms with E-state index in [0.717, 1.165) is 48.7 Å². The second kappa shape index (κ2) is 5.19. The van der Waals surface area contributed by atoms with E-state index in [0.29, 0.717) is 6.54 Å². The summed E-state index contributed by atoms with van der Waals surface area (Å²) in [5.41, 5.74) is 1.41. The molecule has 6 heteroatoms. The molecule has 5 nitrogen and oxygen atoms in total. The van der Waals surface area contributed by atoms with Gasteiger partial charge >= 0.3 is 5.97 Å². The van der Waals surface area contributed by atoms with E-state index in [1.165, 1.54) is 22.2 Å². The number of piperidine rings is 1. The second-order valence-corrected chi connectivity index (χ2v) is 7.34. The van der Waals surface area contributed by atoms with Crippen LogP contribution in [0.15, 0.2) is 0 Å². The van der Waals surface area contributed by atoms with E-state index in [4.69, 9.17) is 4.98 Å². The Morgan fingerprint density at radius 2 is 2.18 bits per heavy atom. The summed E-state index contributed by atoms with van der Waals surface area (Å²) in [5, 5.41) is 10.5. The van der Waals surface area contributed by atoms with Crippen molar-refractivity contribution in [1.29, 1.82) is 0 Å². The summed E-state index contributed by atoms with van der Waals surface area (Å²) in [5.74, 6) is 0.765. The van der Waals surface area contributed by atoms with Crippen molar-refractivity contribution in [2.75, 3.05) is 18.0 Å². The summed E-state index contributed by atoms with van der Waals surface area (Å²) in [4.78, 5) is 25.3. The molecule has 0 saturated carbocycles. The van der Waals surface area contributed by atoms with Gasteiger partial charge in [0.1, 0.15) is 16.5 Å². The van der Waals surface area contributed by atoms with Crippen molar-refractivity contribution in [3.63, 3.8) is 0 Å². The lowest BCUT2D eigenvalue weighted by Gasteiger charge is -2.32. The average Bonchev–Trinajstić information content (AvgIpc) is 3.06. The highest BCUT2D eigenvalue weighted by Crippen LogP contribution is 2.41. The number of carboxylic acid groups (broad SMARTS) is 1. The van der Waals surface area contributed by atoms with E-state index in [1.807, 2.05) is 6.92 Å². The first-order valence-electron chi connectivity index (χ1n) is 7.90. The topological polar surface area (TPSA) is 66.3 Å². The summed E-state index contributed by atoms with van der Waals surface area (Å²) >= 11 is 1.79. The number of hydrogen-bond acceptors (Lipinski definition) is 5. The van der Waals surface area contributed by atoms with Crippen molar-refractivity contribution < 1.29 is 9.90 Å². The Morgan fingerprint density at radius 3 is 3.00 bits per heavy atom. The third kappa shape index (κ3) is 2.17. The van der Waals surface area contributed by atoms with E-state index in [9.17, 15) is 9.90 Å². The molecule has 1 N–H and O–H groups in total. The van der Waals surface area contributed by atoms with Gasteiger partial charge in [0.15, 0.2) is 0 Å². The van der Waals surface area contributed by atoms with Crippen LogP contribution in [0.1, 0.15) is 35.5 Å². The molecular weight excluding hydrogens is 298 g/mol. The van der Waals surface area contributed by atoms with Gasteiger partial charge in [0.2, 0.25) is 0 Å². The zero-order valence-electron chi connectivity index (χ0n) is 12.6. The van der Waals surface area contributed by atoms with Gasteiger partial charge in [0, 0.05) is 18.0 Å². The maximum absolute atomic E-state index is 11.3. The molecule has 2 aromatic heterocycles.